The molecule has 0 atom stereocenters. The number of hydrogen-bond donors (Lipinski definition) is 0. The van der Waals surface area contributed by atoms with E-state index in [0.29, 0.717) is 6.42 Å². The maximum Gasteiger partial charge on any atom is 0.227 e. The molecular weight excluding hydrogens is 332 g/mol. The second kappa shape index (κ2) is 8.51. The van der Waals surface area contributed by atoms with Gasteiger partial charge >= 0.3 is 0 Å². The lowest BCUT2D eigenvalue weighted by Crippen LogP contribution is -2.49. The van der Waals surface area contributed by atoms with Gasteiger partial charge in [0.25, 0.3) is 0 Å². The summed E-state index contributed by atoms with van der Waals surface area (Å²) in [6.07, 6.45) is 1.56. The van der Waals surface area contributed by atoms with Crippen LogP contribution in [0.1, 0.15) is 12.0 Å². The van der Waals surface area contributed by atoms with Crippen molar-refractivity contribution >= 4 is 21.8 Å². The summed E-state index contributed by atoms with van der Waals surface area (Å²) in [6, 6.07) is 7.97. The highest BCUT2D eigenvalue weighted by Crippen LogP contribution is 2.12. The Morgan fingerprint density at radius 1 is 1.19 bits per heavy atom. The molecular formula is C16H23BrN2O2. The molecule has 1 amide bonds. The molecule has 0 bridgehead atoms. The molecule has 4 nitrogen and oxygen atoms in total. The van der Waals surface area contributed by atoms with Crippen LogP contribution in [-0.4, -0.2) is 62.1 Å². The van der Waals surface area contributed by atoms with E-state index in [1.54, 1.807) is 7.11 Å². The van der Waals surface area contributed by atoms with Crippen molar-refractivity contribution in [2.45, 2.75) is 12.8 Å². The van der Waals surface area contributed by atoms with Crippen LogP contribution in [0.4, 0.5) is 0 Å². The van der Waals surface area contributed by atoms with E-state index in [-0.39, 0.29) is 5.91 Å². The summed E-state index contributed by atoms with van der Waals surface area (Å²) < 4.78 is 6.12. The summed E-state index contributed by atoms with van der Waals surface area (Å²) in [5.41, 5.74) is 1.07. The van der Waals surface area contributed by atoms with Crippen molar-refractivity contribution < 1.29 is 9.53 Å². The Morgan fingerprint density at radius 2 is 1.86 bits per heavy atom. The van der Waals surface area contributed by atoms with Crippen molar-refractivity contribution in [3.8, 4) is 0 Å². The normalized spacial score (nSPS) is 16.2. The Kier molecular flexibility index (Phi) is 6.67. The number of carbonyl (C=O) groups is 1. The Morgan fingerprint density at radius 3 is 2.48 bits per heavy atom. The SMILES string of the molecule is COCCCN1CCN(C(=O)Cc2ccc(Br)cc2)CC1. The van der Waals surface area contributed by atoms with E-state index in [9.17, 15) is 4.79 Å². The molecule has 1 heterocycles. The summed E-state index contributed by atoms with van der Waals surface area (Å²) >= 11 is 3.41. The van der Waals surface area contributed by atoms with Crippen LogP contribution < -0.4 is 0 Å². The highest BCUT2D eigenvalue weighted by molar-refractivity contribution is 9.10. The third kappa shape index (κ3) is 5.41. The zero-order valence-corrected chi connectivity index (χ0v) is 14.1. The quantitative estimate of drug-likeness (QED) is 0.734. The molecule has 0 saturated carbocycles. The fourth-order valence-electron chi connectivity index (χ4n) is 2.54. The van der Waals surface area contributed by atoms with Gasteiger partial charge in [-0.3, -0.25) is 9.69 Å². The first-order valence-electron chi connectivity index (χ1n) is 7.42. The van der Waals surface area contributed by atoms with E-state index in [2.05, 4.69) is 20.8 Å². The average molecular weight is 355 g/mol. The first-order chi connectivity index (χ1) is 10.2. The second-order valence-electron chi connectivity index (χ2n) is 5.37. The maximum atomic E-state index is 12.3. The van der Waals surface area contributed by atoms with Gasteiger partial charge in [0.2, 0.25) is 5.91 Å². The van der Waals surface area contributed by atoms with Crippen LogP contribution in [0.2, 0.25) is 0 Å². The first-order valence-corrected chi connectivity index (χ1v) is 8.22. The molecule has 0 radical (unpaired) electrons. The van der Waals surface area contributed by atoms with Crippen LogP contribution in [0, 0.1) is 0 Å². The molecule has 0 spiro atoms. The van der Waals surface area contributed by atoms with Crippen molar-refractivity contribution in [3.05, 3.63) is 34.3 Å². The van der Waals surface area contributed by atoms with E-state index >= 15 is 0 Å². The van der Waals surface area contributed by atoms with Crippen molar-refractivity contribution in [3.63, 3.8) is 0 Å². The van der Waals surface area contributed by atoms with Gasteiger partial charge in [0, 0.05) is 50.9 Å². The van der Waals surface area contributed by atoms with Gasteiger partial charge in [0.1, 0.15) is 0 Å². The van der Waals surface area contributed by atoms with Gasteiger partial charge in [0.15, 0.2) is 0 Å². The van der Waals surface area contributed by atoms with Gasteiger partial charge in [-0.15, -0.1) is 0 Å². The van der Waals surface area contributed by atoms with Crippen LogP contribution in [0.25, 0.3) is 0 Å². The number of methoxy groups -OCH3 is 1. The molecule has 0 unspecified atom stereocenters. The fraction of sp³-hybridized carbons (Fsp3) is 0.562. The minimum atomic E-state index is 0.230. The van der Waals surface area contributed by atoms with Gasteiger partial charge in [-0.2, -0.15) is 0 Å². The van der Waals surface area contributed by atoms with Crippen molar-refractivity contribution in [1.82, 2.24) is 9.80 Å². The zero-order valence-electron chi connectivity index (χ0n) is 12.6. The van der Waals surface area contributed by atoms with Crippen molar-refractivity contribution in [2.24, 2.45) is 0 Å². The number of piperazine rings is 1. The van der Waals surface area contributed by atoms with Crippen LogP contribution in [0.5, 0.6) is 0 Å². The molecule has 1 aromatic carbocycles. The average Bonchev–Trinajstić information content (AvgIpc) is 2.50. The number of halogens is 1. The molecule has 1 aliphatic rings. The molecule has 0 N–H and O–H groups in total. The molecule has 1 saturated heterocycles. The number of hydrogen-bond acceptors (Lipinski definition) is 3. The van der Waals surface area contributed by atoms with Crippen molar-refractivity contribution in [1.29, 1.82) is 0 Å². The number of rotatable bonds is 6. The summed E-state index contributed by atoms with van der Waals surface area (Å²) in [6.45, 7) is 5.47. The standard InChI is InChI=1S/C16H23BrN2O2/c1-21-12-2-7-18-8-10-19(11-9-18)16(20)13-14-3-5-15(17)6-4-14/h3-6H,2,7-13H2,1H3. The maximum absolute atomic E-state index is 12.3. The lowest BCUT2D eigenvalue weighted by atomic mass is 10.1. The molecule has 2 rings (SSSR count). The van der Waals surface area contributed by atoms with Crippen LogP contribution >= 0.6 is 15.9 Å². The highest BCUT2D eigenvalue weighted by atomic mass is 79.9. The van der Waals surface area contributed by atoms with E-state index < -0.39 is 0 Å². The van der Waals surface area contributed by atoms with E-state index in [4.69, 9.17) is 4.74 Å². The molecule has 1 aliphatic heterocycles. The predicted molar refractivity (Wildman–Crippen MR) is 87.4 cm³/mol. The lowest BCUT2D eigenvalue weighted by Gasteiger charge is -2.34. The Labute approximate surface area is 135 Å². The fourth-order valence-corrected chi connectivity index (χ4v) is 2.81. The lowest BCUT2D eigenvalue weighted by molar-refractivity contribution is -0.132. The predicted octanol–water partition coefficient (Wildman–Crippen LogP) is 2.17. The Bertz CT molecular complexity index is 442. The van der Waals surface area contributed by atoms with E-state index in [1.807, 2.05) is 29.2 Å². The number of carbonyl (C=O) groups excluding carboxylic acids is 1. The number of nitrogens with zero attached hydrogens (tertiary/aromatic N) is 2. The molecule has 0 aliphatic carbocycles. The van der Waals surface area contributed by atoms with Gasteiger partial charge in [0.05, 0.1) is 6.42 Å². The third-order valence-electron chi connectivity index (χ3n) is 3.82. The topological polar surface area (TPSA) is 32.8 Å². The molecule has 116 valence electrons. The summed E-state index contributed by atoms with van der Waals surface area (Å²) in [7, 11) is 1.73. The highest BCUT2D eigenvalue weighted by Gasteiger charge is 2.20. The summed E-state index contributed by atoms with van der Waals surface area (Å²) in [5, 5.41) is 0. The van der Waals surface area contributed by atoms with Crippen molar-refractivity contribution in [2.75, 3.05) is 46.4 Å². The monoisotopic (exact) mass is 354 g/mol. The largest absolute Gasteiger partial charge is 0.385 e. The minimum absolute atomic E-state index is 0.230. The third-order valence-corrected chi connectivity index (χ3v) is 4.35. The summed E-state index contributed by atoms with van der Waals surface area (Å²) in [4.78, 5) is 16.7. The van der Waals surface area contributed by atoms with Gasteiger partial charge < -0.3 is 9.64 Å². The minimum Gasteiger partial charge on any atom is -0.385 e. The Balaban J connectivity index is 1.74. The second-order valence-corrected chi connectivity index (χ2v) is 6.29. The van der Waals surface area contributed by atoms with E-state index in [1.165, 1.54) is 0 Å². The zero-order chi connectivity index (χ0) is 15.1. The van der Waals surface area contributed by atoms with Gasteiger partial charge in [-0.25, -0.2) is 0 Å². The first kappa shape index (κ1) is 16.5. The molecule has 21 heavy (non-hydrogen) atoms. The molecule has 0 aromatic heterocycles. The molecule has 5 heteroatoms. The number of ether oxygens (including phenoxy) is 1. The molecule has 1 fully saturated rings. The van der Waals surface area contributed by atoms with Gasteiger partial charge in [-0.05, 0) is 24.1 Å². The summed E-state index contributed by atoms with van der Waals surface area (Å²) in [5.74, 6) is 0.230. The number of benzene rings is 1. The van der Waals surface area contributed by atoms with Crippen LogP contribution in [0.15, 0.2) is 28.7 Å². The smallest absolute Gasteiger partial charge is 0.227 e. The van der Waals surface area contributed by atoms with E-state index in [0.717, 1.165) is 55.8 Å². The Hall–Kier alpha value is -0.910. The van der Waals surface area contributed by atoms with Crippen LogP contribution in [-0.2, 0) is 16.0 Å². The molecule has 1 aromatic rings. The van der Waals surface area contributed by atoms with Crippen LogP contribution in [0.3, 0.4) is 0 Å². The number of amides is 1. The van der Waals surface area contributed by atoms with Gasteiger partial charge in [-0.1, -0.05) is 28.1 Å².